The van der Waals surface area contributed by atoms with Gasteiger partial charge in [0, 0.05) is 41.9 Å². The van der Waals surface area contributed by atoms with Crippen LogP contribution in [0.5, 0.6) is 5.75 Å². The molecule has 0 unspecified atom stereocenters. The maximum absolute atomic E-state index is 12.8. The monoisotopic (exact) mass is 482 g/mol. The molecule has 9 heteroatoms. The van der Waals surface area contributed by atoms with Crippen LogP contribution in [0.1, 0.15) is 12.8 Å². The first kappa shape index (κ1) is 23.2. The molecule has 3 heterocycles. The minimum atomic E-state index is -0.244. The van der Waals surface area contributed by atoms with Gasteiger partial charge in [0.2, 0.25) is 5.91 Å². The molecule has 5 rings (SSSR count). The van der Waals surface area contributed by atoms with Gasteiger partial charge in [-0.3, -0.25) is 9.59 Å². The molecular weight excluding hydrogens is 456 g/mol. The predicted octanol–water partition coefficient (Wildman–Crippen LogP) is 3.76. The first-order valence-electron chi connectivity index (χ1n) is 11.8. The summed E-state index contributed by atoms with van der Waals surface area (Å²) in [6.07, 6.45) is 1.49. The molecule has 2 aromatic heterocycles. The number of amides is 1. The van der Waals surface area contributed by atoms with Gasteiger partial charge in [-0.1, -0.05) is 12.1 Å². The van der Waals surface area contributed by atoms with E-state index in [1.54, 1.807) is 13.2 Å². The summed E-state index contributed by atoms with van der Waals surface area (Å²) in [5.74, 6) is 1.58. The van der Waals surface area contributed by atoms with Crippen molar-refractivity contribution in [1.82, 2.24) is 20.4 Å². The number of hydrogen-bond acceptors (Lipinski definition) is 7. The van der Waals surface area contributed by atoms with Crippen molar-refractivity contribution >= 4 is 17.4 Å². The van der Waals surface area contributed by atoms with Crippen molar-refractivity contribution < 1.29 is 9.53 Å². The second-order valence-electron chi connectivity index (χ2n) is 8.64. The molecule has 1 saturated heterocycles. The van der Waals surface area contributed by atoms with Crippen molar-refractivity contribution in [1.29, 1.82) is 0 Å². The smallest absolute Gasteiger partial charge is 0.264 e. The van der Waals surface area contributed by atoms with Gasteiger partial charge < -0.3 is 15.0 Å². The van der Waals surface area contributed by atoms with Crippen LogP contribution in [0.15, 0.2) is 77.6 Å². The van der Waals surface area contributed by atoms with E-state index < -0.39 is 0 Å². The molecule has 1 amide bonds. The van der Waals surface area contributed by atoms with Crippen LogP contribution in [0.2, 0.25) is 0 Å². The zero-order valence-electron chi connectivity index (χ0n) is 19.8. The van der Waals surface area contributed by atoms with Gasteiger partial charge in [0.25, 0.3) is 5.56 Å². The van der Waals surface area contributed by atoms with Gasteiger partial charge in [-0.05, 0) is 67.4 Å². The molecular formula is C27H26N6O3. The van der Waals surface area contributed by atoms with Crippen molar-refractivity contribution in [3.8, 4) is 28.3 Å². The lowest BCUT2D eigenvalue weighted by atomic mass is 9.95. The minimum absolute atomic E-state index is 0.0190. The van der Waals surface area contributed by atoms with Crippen LogP contribution in [0.4, 0.5) is 11.5 Å². The van der Waals surface area contributed by atoms with Gasteiger partial charge >= 0.3 is 0 Å². The number of carbonyl (C=O) groups excluding carboxylic acids is 1. The molecule has 4 aromatic rings. The molecule has 2 aromatic carbocycles. The number of aromatic nitrogens is 4. The first-order valence-corrected chi connectivity index (χ1v) is 11.8. The van der Waals surface area contributed by atoms with E-state index in [2.05, 4.69) is 30.6 Å². The van der Waals surface area contributed by atoms with Gasteiger partial charge in [-0.2, -0.15) is 5.10 Å². The second-order valence-corrected chi connectivity index (χ2v) is 8.64. The SMILES string of the molecule is COc1ccc(-c2ccc(N3CCC(C(=O)Nc4ccc(-c5ccc(=O)[nH]n5)cc4)CC3)nn2)cc1. The molecule has 0 atom stereocenters. The minimum Gasteiger partial charge on any atom is -0.497 e. The van der Waals surface area contributed by atoms with Crippen molar-refractivity contribution in [3.05, 3.63) is 83.2 Å². The number of carbonyl (C=O) groups is 1. The summed E-state index contributed by atoms with van der Waals surface area (Å²) in [6.45, 7) is 1.48. The highest BCUT2D eigenvalue weighted by molar-refractivity contribution is 5.93. The molecule has 36 heavy (non-hydrogen) atoms. The predicted molar refractivity (Wildman–Crippen MR) is 138 cm³/mol. The highest BCUT2D eigenvalue weighted by Gasteiger charge is 2.26. The zero-order chi connectivity index (χ0) is 24.9. The van der Waals surface area contributed by atoms with Crippen LogP contribution in [0, 0.1) is 5.92 Å². The van der Waals surface area contributed by atoms with Crippen LogP contribution >= 0.6 is 0 Å². The molecule has 1 aliphatic heterocycles. The van der Waals surface area contributed by atoms with Gasteiger partial charge in [0.15, 0.2) is 5.82 Å². The second kappa shape index (κ2) is 10.4. The van der Waals surface area contributed by atoms with E-state index in [-0.39, 0.29) is 17.4 Å². The Balaban J connectivity index is 1.14. The van der Waals surface area contributed by atoms with Crippen molar-refractivity contribution in [2.75, 3.05) is 30.4 Å². The molecule has 1 fully saturated rings. The van der Waals surface area contributed by atoms with E-state index in [4.69, 9.17) is 4.74 Å². The highest BCUT2D eigenvalue weighted by Crippen LogP contribution is 2.26. The topological polar surface area (TPSA) is 113 Å². The average molecular weight is 483 g/mol. The summed E-state index contributed by atoms with van der Waals surface area (Å²) in [4.78, 5) is 26.2. The number of methoxy groups -OCH3 is 1. The number of nitrogens with zero attached hydrogens (tertiary/aromatic N) is 4. The lowest BCUT2D eigenvalue weighted by Crippen LogP contribution is -2.38. The molecule has 0 radical (unpaired) electrons. The van der Waals surface area contributed by atoms with Crippen molar-refractivity contribution in [2.45, 2.75) is 12.8 Å². The Morgan fingerprint density at radius 1 is 0.889 bits per heavy atom. The van der Waals surface area contributed by atoms with E-state index >= 15 is 0 Å². The normalized spacial score (nSPS) is 13.9. The van der Waals surface area contributed by atoms with Gasteiger partial charge in [0.05, 0.1) is 18.5 Å². The zero-order valence-corrected chi connectivity index (χ0v) is 19.8. The third-order valence-corrected chi connectivity index (χ3v) is 6.35. The number of H-pyrrole nitrogens is 1. The Hall–Kier alpha value is -4.53. The quantitative estimate of drug-likeness (QED) is 0.430. The first-order chi connectivity index (χ1) is 17.6. The van der Waals surface area contributed by atoms with Crippen LogP contribution in [0.3, 0.4) is 0 Å². The average Bonchev–Trinajstić information content (AvgIpc) is 2.94. The maximum atomic E-state index is 12.8. The van der Waals surface area contributed by atoms with E-state index in [0.29, 0.717) is 5.69 Å². The number of hydrogen-bond donors (Lipinski definition) is 2. The largest absolute Gasteiger partial charge is 0.497 e. The van der Waals surface area contributed by atoms with Gasteiger partial charge in [0.1, 0.15) is 5.75 Å². The van der Waals surface area contributed by atoms with E-state index in [1.165, 1.54) is 6.07 Å². The standard InChI is InChI=1S/C27H26N6O3/c1-36-22-8-4-19(5-9-22)23-10-12-25(31-29-23)33-16-14-20(15-17-33)27(35)28-21-6-2-18(3-7-21)24-11-13-26(34)32-30-24/h2-13,20H,14-17H2,1H3,(H,28,35)(H,32,34). The van der Waals surface area contributed by atoms with Crippen LogP contribution in [-0.2, 0) is 4.79 Å². The molecule has 0 spiro atoms. The number of anilines is 2. The lowest BCUT2D eigenvalue weighted by Gasteiger charge is -2.31. The summed E-state index contributed by atoms with van der Waals surface area (Å²) in [5, 5.41) is 18.3. The Morgan fingerprint density at radius 2 is 1.56 bits per heavy atom. The molecule has 1 aliphatic rings. The summed E-state index contributed by atoms with van der Waals surface area (Å²) in [6, 6.07) is 22.2. The van der Waals surface area contributed by atoms with Crippen LogP contribution in [0.25, 0.3) is 22.5 Å². The Morgan fingerprint density at radius 3 is 2.17 bits per heavy atom. The molecule has 182 valence electrons. The molecule has 0 bridgehead atoms. The van der Waals surface area contributed by atoms with Gasteiger partial charge in [-0.15, -0.1) is 10.2 Å². The maximum Gasteiger partial charge on any atom is 0.264 e. The van der Waals surface area contributed by atoms with Crippen molar-refractivity contribution in [3.63, 3.8) is 0 Å². The number of aromatic amines is 1. The Labute approximate surface area is 208 Å². The number of rotatable bonds is 6. The number of benzene rings is 2. The third-order valence-electron chi connectivity index (χ3n) is 6.35. The summed E-state index contributed by atoms with van der Waals surface area (Å²) in [5.41, 5.74) is 3.80. The van der Waals surface area contributed by atoms with E-state index in [9.17, 15) is 9.59 Å². The fraction of sp³-hybridized carbons (Fsp3) is 0.222. The summed E-state index contributed by atoms with van der Waals surface area (Å²) < 4.78 is 5.20. The Bertz CT molecular complexity index is 1360. The van der Waals surface area contributed by atoms with Crippen LogP contribution < -0.4 is 20.5 Å². The van der Waals surface area contributed by atoms with Crippen molar-refractivity contribution in [2.24, 2.45) is 5.92 Å². The van der Waals surface area contributed by atoms with Crippen LogP contribution in [-0.4, -0.2) is 46.5 Å². The fourth-order valence-corrected chi connectivity index (χ4v) is 4.25. The lowest BCUT2D eigenvalue weighted by molar-refractivity contribution is -0.120. The van der Waals surface area contributed by atoms with E-state index in [0.717, 1.165) is 60.0 Å². The van der Waals surface area contributed by atoms with Gasteiger partial charge in [-0.25, -0.2) is 5.10 Å². The number of piperidine rings is 1. The van der Waals surface area contributed by atoms with E-state index in [1.807, 2.05) is 60.7 Å². The molecule has 0 aliphatic carbocycles. The molecule has 0 saturated carbocycles. The summed E-state index contributed by atoms with van der Waals surface area (Å²) in [7, 11) is 1.64. The Kier molecular flexibility index (Phi) is 6.70. The molecule has 2 N–H and O–H groups in total. The third kappa shape index (κ3) is 5.25. The molecule has 9 nitrogen and oxygen atoms in total. The number of ether oxygens (including phenoxy) is 1. The number of nitrogens with one attached hydrogen (secondary N) is 2. The fourth-order valence-electron chi connectivity index (χ4n) is 4.25. The summed E-state index contributed by atoms with van der Waals surface area (Å²) >= 11 is 0. The highest BCUT2D eigenvalue weighted by atomic mass is 16.5.